The van der Waals surface area contributed by atoms with Crippen molar-refractivity contribution in [1.82, 2.24) is 4.98 Å². The van der Waals surface area contributed by atoms with Crippen LogP contribution in [0.25, 0.3) is 0 Å². The van der Waals surface area contributed by atoms with Gasteiger partial charge in [-0.15, -0.1) is 0 Å². The van der Waals surface area contributed by atoms with Gasteiger partial charge in [-0.1, -0.05) is 13.8 Å². The molecule has 4 nitrogen and oxygen atoms in total. The lowest BCUT2D eigenvalue weighted by molar-refractivity contribution is 0.423. The van der Waals surface area contributed by atoms with Crippen LogP contribution in [-0.2, 0) is 0 Å². The number of hydrogen-bond acceptors (Lipinski definition) is 3. The quantitative estimate of drug-likeness (QED) is 0.617. The van der Waals surface area contributed by atoms with Crippen LogP contribution in [0.4, 0.5) is 5.69 Å². The third-order valence-electron chi connectivity index (χ3n) is 3.55. The summed E-state index contributed by atoms with van der Waals surface area (Å²) in [5.74, 6) is 1.49. The molecule has 0 amide bonds. The molecule has 2 rings (SSSR count). The molecule has 17 heavy (non-hydrogen) atoms. The van der Waals surface area contributed by atoms with Gasteiger partial charge in [0.15, 0.2) is 0 Å². The van der Waals surface area contributed by atoms with E-state index in [1.165, 1.54) is 6.42 Å². The van der Waals surface area contributed by atoms with E-state index in [2.05, 4.69) is 23.7 Å². The molecule has 1 aliphatic rings. The van der Waals surface area contributed by atoms with E-state index in [1.54, 1.807) is 6.20 Å². The molecule has 1 unspecified atom stereocenters. The van der Waals surface area contributed by atoms with Gasteiger partial charge in [-0.2, -0.15) is 0 Å². The van der Waals surface area contributed by atoms with Gasteiger partial charge in [-0.25, -0.2) is 0 Å². The van der Waals surface area contributed by atoms with Gasteiger partial charge in [-0.05, 0) is 30.4 Å². The standard InChI is InChI=1S/C13H20N4/c1-9(2)10-5-7-17(8-10)11-4-3-6-16-12(11)13(14)15/h3-4,6,9-10H,5,7-8H2,1-2H3,(H3,14,15). The number of nitrogen functional groups attached to an aromatic ring is 1. The lowest BCUT2D eigenvalue weighted by atomic mass is 9.95. The van der Waals surface area contributed by atoms with E-state index in [1.807, 2.05) is 12.1 Å². The minimum absolute atomic E-state index is 0.0496. The molecule has 0 spiro atoms. The summed E-state index contributed by atoms with van der Waals surface area (Å²) in [4.78, 5) is 6.50. The minimum atomic E-state index is 0.0496. The van der Waals surface area contributed by atoms with E-state index in [9.17, 15) is 0 Å². The highest BCUT2D eigenvalue weighted by atomic mass is 15.2. The summed E-state index contributed by atoms with van der Waals surface area (Å²) < 4.78 is 0. The molecular formula is C13H20N4. The summed E-state index contributed by atoms with van der Waals surface area (Å²) in [6.07, 6.45) is 2.90. The van der Waals surface area contributed by atoms with E-state index >= 15 is 0 Å². The van der Waals surface area contributed by atoms with E-state index in [0.29, 0.717) is 11.6 Å². The fourth-order valence-electron chi connectivity index (χ4n) is 2.41. The fourth-order valence-corrected chi connectivity index (χ4v) is 2.41. The van der Waals surface area contributed by atoms with Crippen molar-refractivity contribution in [3.8, 4) is 0 Å². The summed E-state index contributed by atoms with van der Waals surface area (Å²) in [5, 5.41) is 7.56. The van der Waals surface area contributed by atoms with Crippen LogP contribution in [0.1, 0.15) is 26.0 Å². The Hall–Kier alpha value is -1.58. The first kappa shape index (κ1) is 11.9. The largest absolute Gasteiger partial charge is 0.382 e. The molecule has 0 radical (unpaired) electrons. The second-order valence-corrected chi connectivity index (χ2v) is 5.02. The van der Waals surface area contributed by atoms with Crippen molar-refractivity contribution < 1.29 is 0 Å². The maximum Gasteiger partial charge on any atom is 0.143 e. The van der Waals surface area contributed by atoms with Gasteiger partial charge in [0.1, 0.15) is 11.5 Å². The molecule has 1 fully saturated rings. The summed E-state index contributed by atoms with van der Waals surface area (Å²) in [6.45, 7) is 6.62. The smallest absolute Gasteiger partial charge is 0.143 e. The summed E-state index contributed by atoms with van der Waals surface area (Å²) in [7, 11) is 0. The molecule has 0 aromatic carbocycles. The first-order chi connectivity index (χ1) is 8.09. The van der Waals surface area contributed by atoms with Crippen LogP contribution in [0.2, 0.25) is 0 Å². The average molecular weight is 232 g/mol. The van der Waals surface area contributed by atoms with E-state index in [0.717, 1.165) is 24.7 Å². The second-order valence-electron chi connectivity index (χ2n) is 5.02. The number of rotatable bonds is 3. The molecule has 1 saturated heterocycles. The monoisotopic (exact) mass is 232 g/mol. The third kappa shape index (κ3) is 2.40. The predicted molar refractivity (Wildman–Crippen MR) is 70.4 cm³/mol. The van der Waals surface area contributed by atoms with Crippen LogP contribution in [0, 0.1) is 17.2 Å². The Bertz CT molecular complexity index is 414. The molecule has 2 heterocycles. The Morgan fingerprint density at radius 2 is 2.35 bits per heavy atom. The number of nitrogens with zero attached hydrogens (tertiary/aromatic N) is 2. The van der Waals surface area contributed by atoms with E-state index < -0.39 is 0 Å². The van der Waals surface area contributed by atoms with Crippen molar-refractivity contribution in [1.29, 1.82) is 5.41 Å². The van der Waals surface area contributed by atoms with Gasteiger partial charge in [0.25, 0.3) is 0 Å². The first-order valence-electron chi connectivity index (χ1n) is 6.14. The van der Waals surface area contributed by atoms with Crippen molar-refractivity contribution in [3.05, 3.63) is 24.0 Å². The van der Waals surface area contributed by atoms with Crippen LogP contribution in [-0.4, -0.2) is 23.9 Å². The van der Waals surface area contributed by atoms with Crippen molar-refractivity contribution >= 4 is 11.5 Å². The second kappa shape index (κ2) is 4.73. The molecule has 1 aromatic heterocycles. The zero-order chi connectivity index (χ0) is 12.4. The lowest BCUT2D eigenvalue weighted by Gasteiger charge is -2.21. The summed E-state index contributed by atoms with van der Waals surface area (Å²) in [6, 6.07) is 3.91. The van der Waals surface area contributed by atoms with Gasteiger partial charge in [0.2, 0.25) is 0 Å². The SMILES string of the molecule is CC(C)C1CCN(c2cccnc2C(=N)N)C1. The Balaban J connectivity index is 2.21. The zero-order valence-corrected chi connectivity index (χ0v) is 10.5. The van der Waals surface area contributed by atoms with Gasteiger partial charge >= 0.3 is 0 Å². The molecule has 0 aliphatic carbocycles. The first-order valence-corrected chi connectivity index (χ1v) is 6.14. The van der Waals surface area contributed by atoms with Crippen LogP contribution < -0.4 is 10.6 Å². The molecule has 4 heteroatoms. The third-order valence-corrected chi connectivity index (χ3v) is 3.55. The topological polar surface area (TPSA) is 66.0 Å². The highest BCUT2D eigenvalue weighted by Gasteiger charge is 2.26. The minimum Gasteiger partial charge on any atom is -0.382 e. The molecule has 0 bridgehead atoms. The molecule has 1 atom stereocenters. The zero-order valence-electron chi connectivity index (χ0n) is 10.5. The lowest BCUT2D eigenvalue weighted by Crippen LogP contribution is -2.25. The number of anilines is 1. The maximum atomic E-state index is 7.56. The number of nitrogens with one attached hydrogen (secondary N) is 1. The Morgan fingerprint density at radius 3 is 2.94 bits per heavy atom. The van der Waals surface area contributed by atoms with E-state index in [-0.39, 0.29) is 5.84 Å². The van der Waals surface area contributed by atoms with Crippen molar-refractivity contribution in [2.75, 3.05) is 18.0 Å². The molecule has 1 aromatic rings. The molecular weight excluding hydrogens is 212 g/mol. The number of nitrogens with two attached hydrogens (primary N) is 1. The number of hydrogen-bond donors (Lipinski definition) is 2. The Morgan fingerprint density at radius 1 is 1.59 bits per heavy atom. The van der Waals surface area contributed by atoms with Crippen LogP contribution in [0.3, 0.4) is 0 Å². The summed E-state index contributed by atoms with van der Waals surface area (Å²) in [5.41, 5.74) is 7.18. The van der Waals surface area contributed by atoms with Gasteiger partial charge in [0, 0.05) is 19.3 Å². The normalized spacial score (nSPS) is 19.9. The Kier molecular flexibility index (Phi) is 3.31. The maximum absolute atomic E-state index is 7.56. The van der Waals surface area contributed by atoms with Gasteiger partial charge in [-0.3, -0.25) is 10.4 Å². The van der Waals surface area contributed by atoms with Crippen LogP contribution in [0.5, 0.6) is 0 Å². The molecule has 92 valence electrons. The van der Waals surface area contributed by atoms with Gasteiger partial charge in [0.05, 0.1) is 5.69 Å². The number of pyridine rings is 1. The van der Waals surface area contributed by atoms with Crippen LogP contribution in [0.15, 0.2) is 18.3 Å². The van der Waals surface area contributed by atoms with Crippen LogP contribution >= 0.6 is 0 Å². The molecule has 3 N–H and O–H groups in total. The predicted octanol–water partition coefficient (Wildman–Crippen LogP) is 1.85. The fraction of sp³-hybridized carbons (Fsp3) is 0.538. The molecule has 0 saturated carbocycles. The summed E-state index contributed by atoms with van der Waals surface area (Å²) >= 11 is 0. The van der Waals surface area contributed by atoms with Crippen molar-refractivity contribution in [2.45, 2.75) is 20.3 Å². The van der Waals surface area contributed by atoms with Gasteiger partial charge < -0.3 is 10.6 Å². The highest BCUT2D eigenvalue weighted by molar-refractivity contribution is 5.98. The van der Waals surface area contributed by atoms with Crippen molar-refractivity contribution in [3.63, 3.8) is 0 Å². The van der Waals surface area contributed by atoms with E-state index in [4.69, 9.17) is 11.1 Å². The van der Waals surface area contributed by atoms with Crippen molar-refractivity contribution in [2.24, 2.45) is 17.6 Å². The number of aromatic nitrogens is 1. The Labute approximate surface area is 102 Å². The molecule has 1 aliphatic heterocycles. The number of amidine groups is 1. The highest BCUT2D eigenvalue weighted by Crippen LogP contribution is 2.29. The average Bonchev–Trinajstić information content (AvgIpc) is 2.78.